The number of hydrogen-bond acceptors (Lipinski definition) is 4. The Morgan fingerprint density at radius 2 is 0.863 bits per heavy atom. The molecule has 0 spiro atoms. The van der Waals surface area contributed by atoms with Crippen LogP contribution in [0.5, 0.6) is 0 Å². The molecule has 2 aromatic heterocycles. The van der Waals surface area contributed by atoms with Gasteiger partial charge in [-0.2, -0.15) is 0 Å². The standard InChI is InChI=1S/C47H29N3O/c1-3-13-30(14-4-1)32-27-28-34-33(29-32)17-9-19-35(34)36-20-10-22-38-37(36)21-11-23-39(38)46-48-45(31-15-5-2-6-16-31)49-47(50-46)41-24-12-26-43-44(41)40-18-7-8-25-42(40)51-43/h1-29H. The first-order chi connectivity index (χ1) is 25.3. The first-order valence-electron chi connectivity index (χ1n) is 17.1. The summed E-state index contributed by atoms with van der Waals surface area (Å²) >= 11 is 0. The van der Waals surface area contributed by atoms with Gasteiger partial charge in [0.1, 0.15) is 11.2 Å². The summed E-state index contributed by atoms with van der Waals surface area (Å²) in [6.45, 7) is 0. The van der Waals surface area contributed by atoms with E-state index in [-0.39, 0.29) is 0 Å². The number of para-hydroxylation sites is 1. The SMILES string of the molecule is c1ccc(-c2ccc3c(-c4cccc5c(-c6nc(-c7ccccc7)nc(-c7cccc8oc9ccccc9c78)n6)cccc45)cccc3c2)cc1. The van der Waals surface area contributed by atoms with Crippen molar-refractivity contribution in [2.75, 3.05) is 0 Å². The highest BCUT2D eigenvalue weighted by molar-refractivity contribution is 6.12. The minimum Gasteiger partial charge on any atom is -0.456 e. The molecule has 10 aromatic rings. The van der Waals surface area contributed by atoms with Crippen molar-refractivity contribution in [3.8, 4) is 56.4 Å². The van der Waals surface area contributed by atoms with Gasteiger partial charge in [-0.3, -0.25) is 0 Å². The lowest BCUT2D eigenvalue weighted by Crippen LogP contribution is -2.01. The predicted molar refractivity (Wildman–Crippen MR) is 209 cm³/mol. The lowest BCUT2D eigenvalue weighted by Gasteiger charge is -2.14. The number of aromatic nitrogens is 3. The van der Waals surface area contributed by atoms with Crippen molar-refractivity contribution in [3.63, 3.8) is 0 Å². The summed E-state index contributed by atoms with van der Waals surface area (Å²) in [5.41, 5.74) is 9.20. The van der Waals surface area contributed by atoms with Crippen LogP contribution in [0.2, 0.25) is 0 Å². The molecule has 0 aliphatic carbocycles. The smallest absolute Gasteiger partial charge is 0.164 e. The highest BCUT2D eigenvalue weighted by Crippen LogP contribution is 2.40. The van der Waals surface area contributed by atoms with Gasteiger partial charge in [-0.25, -0.2) is 15.0 Å². The normalized spacial score (nSPS) is 11.5. The van der Waals surface area contributed by atoms with Crippen LogP contribution in [0.4, 0.5) is 0 Å². The van der Waals surface area contributed by atoms with E-state index in [2.05, 4.69) is 115 Å². The number of benzene rings is 8. The zero-order chi connectivity index (χ0) is 33.7. The van der Waals surface area contributed by atoms with Gasteiger partial charge < -0.3 is 4.42 Å². The van der Waals surface area contributed by atoms with E-state index in [9.17, 15) is 0 Å². The Morgan fingerprint density at radius 3 is 1.67 bits per heavy atom. The molecule has 0 radical (unpaired) electrons. The summed E-state index contributed by atoms with van der Waals surface area (Å²) in [6, 6.07) is 61.1. The molecule has 0 bridgehead atoms. The summed E-state index contributed by atoms with van der Waals surface area (Å²) in [6.07, 6.45) is 0. The van der Waals surface area contributed by atoms with Gasteiger partial charge in [0.25, 0.3) is 0 Å². The maximum atomic E-state index is 6.25. The average Bonchev–Trinajstić information content (AvgIpc) is 3.59. The Labute approximate surface area is 294 Å². The van der Waals surface area contributed by atoms with Crippen LogP contribution in [0.25, 0.3) is 99.9 Å². The molecule has 8 aromatic carbocycles. The Hall–Kier alpha value is -6.91. The molecule has 51 heavy (non-hydrogen) atoms. The van der Waals surface area contributed by atoms with E-state index in [1.165, 1.54) is 33.0 Å². The summed E-state index contributed by atoms with van der Waals surface area (Å²) in [4.78, 5) is 15.4. The Balaban J connectivity index is 1.17. The van der Waals surface area contributed by atoms with Crippen molar-refractivity contribution < 1.29 is 4.42 Å². The fourth-order valence-electron chi connectivity index (χ4n) is 7.36. The van der Waals surface area contributed by atoms with Crippen molar-refractivity contribution in [3.05, 3.63) is 176 Å². The van der Waals surface area contributed by atoms with Crippen LogP contribution in [-0.2, 0) is 0 Å². The van der Waals surface area contributed by atoms with Crippen molar-refractivity contribution in [2.45, 2.75) is 0 Å². The third-order valence-corrected chi connectivity index (χ3v) is 9.75. The molecule has 10 rings (SSSR count). The van der Waals surface area contributed by atoms with Gasteiger partial charge in [0.15, 0.2) is 17.5 Å². The minimum absolute atomic E-state index is 0.604. The molecule has 2 heterocycles. The van der Waals surface area contributed by atoms with Crippen LogP contribution in [0.1, 0.15) is 0 Å². The van der Waals surface area contributed by atoms with E-state index in [0.717, 1.165) is 49.4 Å². The van der Waals surface area contributed by atoms with Crippen LogP contribution < -0.4 is 0 Å². The molecule has 238 valence electrons. The second kappa shape index (κ2) is 11.9. The van der Waals surface area contributed by atoms with E-state index in [0.29, 0.717) is 17.5 Å². The first-order valence-corrected chi connectivity index (χ1v) is 17.1. The van der Waals surface area contributed by atoms with Gasteiger partial charge in [-0.1, -0.05) is 158 Å². The van der Waals surface area contributed by atoms with Gasteiger partial charge in [0.2, 0.25) is 0 Å². The van der Waals surface area contributed by atoms with Gasteiger partial charge in [-0.15, -0.1) is 0 Å². The predicted octanol–water partition coefficient (Wildman–Crippen LogP) is 12.4. The molecule has 4 heteroatoms. The number of rotatable bonds is 5. The molecule has 0 fully saturated rings. The molecule has 0 atom stereocenters. The lowest BCUT2D eigenvalue weighted by atomic mass is 9.91. The summed E-state index contributed by atoms with van der Waals surface area (Å²) in [5, 5.41) is 6.67. The van der Waals surface area contributed by atoms with E-state index in [1.54, 1.807) is 0 Å². The molecular weight excluding hydrogens is 623 g/mol. The van der Waals surface area contributed by atoms with Crippen molar-refractivity contribution in [1.82, 2.24) is 15.0 Å². The highest BCUT2D eigenvalue weighted by atomic mass is 16.3. The maximum absolute atomic E-state index is 6.25. The summed E-state index contributed by atoms with van der Waals surface area (Å²) < 4.78 is 6.25. The summed E-state index contributed by atoms with van der Waals surface area (Å²) in [5.74, 6) is 1.85. The van der Waals surface area contributed by atoms with E-state index in [1.807, 2.05) is 60.7 Å². The molecule has 0 aliphatic rings. The Bertz CT molecular complexity index is 2910. The van der Waals surface area contributed by atoms with E-state index >= 15 is 0 Å². The molecule has 0 amide bonds. The van der Waals surface area contributed by atoms with Crippen molar-refractivity contribution in [1.29, 1.82) is 0 Å². The van der Waals surface area contributed by atoms with Crippen LogP contribution >= 0.6 is 0 Å². The van der Waals surface area contributed by atoms with Gasteiger partial charge in [0.05, 0.1) is 0 Å². The minimum atomic E-state index is 0.604. The largest absolute Gasteiger partial charge is 0.456 e. The lowest BCUT2D eigenvalue weighted by molar-refractivity contribution is 0.669. The molecule has 4 nitrogen and oxygen atoms in total. The molecule has 0 saturated heterocycles. The monoisotopic (exact) mass is 651 g/mol. The Kier molecular flexibility index (Phi) is 6.78. The number of fused-ring (bicyclic) bond motifs is 5. The van der Waals surface area contributed by atoms with Gasteiger partial charge in [0, 0.05) is 27.5 Å². The second-order valence-corrected chi connectivity index (χ2v) is 12.8. The quantitative estimate of drug-likeness (QED) is 0.186. The fraction of sp³-hybridized carbons (Fsp3) is 0. The fourth-order valence-corrected chi connectivity index (χ4v) is 7.36. The third-order valence-electron chi connectivity index (χ3n) is 9.75. The molecule has 0 unspecified atom stereocenters. The number of furan rings is 1. The highest BCUT2D eigenvalue weighted by Gasteiger charge is 2.19. The van der Waals surface area contributed by atoms with Crippen LogP contribution in [0, 0.1) is 0 Å². The zero-order valence-corrected chi connectivity index (χ0v) is 27.5. The first kappa shape index (κ1) is 29.0. The molecule has 0 saturated carbocycles. The van der Waals surface area contributed by atoms with Gasteiger partial charge in [-0.05, 0) is 62.0 Å². The second-order valence-electron chi connectivity index (χ2n) is 12.8. The van der Waals surface area contributed by atoms with Crippen LogP contribution in [0.15, 0.2) is 180 Å². The number of nitrogens with zero attached hydrogens (tertiary/aromatic N) is 3. The number of hydrogen-bond donors (Lipinski definition) is 0. The maximum Gasteiger partial charge on any atom is 0.164 e. The van der Waals surface area contributed by atoms with Gasteiger partial charge >= 0.3 is 0 Å². The average molecular weight is 652 g/mol. The summed E-state index contributed by atoms with van der Waals surface area (Å²) in [7, 11) is 0. The van der Waals surface area contributed by atoms with Crippen molar-refractivity contribution in [2.24, 2.45) is 0 Å². The molecule has 0 aliphatic heterocycles. The van der Waals surface area contributed by atoms with E-state index in [4.69, 9.17) is 19.4 Å². The topological polar surface area (TPSA) is 51.8 Å². The molecule has 0 N–H and O–H groups in total. The van der Waals surface area contributed by atoms with E-state index < -0.39 is 0 Å². The van der Waals surface area contributed by atoms with Crippen LogP contribution in [0.3, 0.4) is 0 Å². The Morgan fingerprint density at radius 1 is 0.314 bits per heavy atom. The third kappa shape index (κ3) is 4.96. The zero-order valence-electron chi connectivity index (χ0n) is 27.5. The molecular formula is C47H29N3O. The van der Waals surface area contributed by atoms with Crippen LogP contribution in [-0.4, -0.2) is 15.0 Å². The van der Waals surface area contributed by atoms with Crippen molar-refractivity contribution >= 4 is 43.5 Å².